The van der Waals surface area contributed by atoms with Gasteiger partial charge in [-0.15, -0.1) is 0 Å². The Hall–Kier alpha value is -2.17. The van der Waals surface area contributed by atoms with Crippen molar-refractivity contribution in [3.63, 3.8) is 0 Å². The van der Waals surface area contributed by atoms with E-state index in [-0.39, 0.29) is 5.92 Å². The minimum Gasteiger partial charge on any atom is -0.480 e. The van der Waals surface area contributed by atoms with Crippen LogP contribution in [0, 0.1) is 0 Å². The third-order valence-corrected chi connectivity index (χ3v) is 4.40. The maximum absolute atomic E-state index is 11.2. The van der Waals surface area contributed by atoms with Gasteiger partial charge in [0.05, 0.1) is 0 Å². The summed E-state index contributed by atoms with van der Waals surface area (Å²) in [5.74, 6) is -0.518. The van der Waals surface area contributed by atoms with E-state index in [0.29, 0.717) is 13.1 Å². The number of carboxylic acids is 1. The fraction of sp³-hybridized carbons (Fsp3) is 0.316. The van der Waals surface area contributed by atoms with Gasteiger partial charge in [0.15, 0.2) is 0 Å². The predicted octanol–water partition coefficient (Wildman–Crippen LogP) is 2.18. The second-order valence-corrected chi connectivity index (χ2v) is 5.98. The van der Waals surface area contributed by atoms with Crippen molar-refractivity contribution in [3.05, 3.63) is 71.8 Å². The van der Waals surface area contributed by atoms with Crippen molar-refractivity contribution in [3.8, 4) is 0 Å². The van der Waals surface area contributed by atoms with E-state index in [1.165, 1.54) is 11.1 Å². The molecule has 23 heavy (non-hydrogen) atoms. The molecule has 1 saturated heterocycles. The molecule has 1 atom stereocenters. The molecule has 3 rings (SSSR count). The van der Waals surface area contributed by atoms with E-state index < -0.39 is 12.0 Å². The van der Waals surface area contributed by atoms with E-state index in [2.05, 4.69) is 58.7 Å². The Labute approximate surface area is 136 Å². The summed E-state index contributed by atoms with van der Waals surface area (Å²) in [6, 6.07) is 20.4. The van der Waals surface area contributed by atoms with Crippen LogP contribution in [0.2, 0.25) is 0 Å². The number of carboxylic acid groups (broad SMARTS) is 1. The molecule has 2 aromatic carbocycles. The maximum Gasteiger partial charge on any atom is 0.322 e. The van der Waals surface area contributed by atoms with E-state index in [9.17, 15) is 9.90 Å². The van der Waals surface area contributed by atoms with Crippen LogP contribution >= 0.6 is 0 Å². The lowest BCUT2D eigenvalue weighted by Gasteiger charge is -2.34. The van der Waals surface area contributed by atoms with Crippen molar-refractivity contribution in [1.82, 2.24) is 10.2 Å². The van der Waals surface area contributed by atoms with Crippen LogP contribution in [0.3, 0.4) is 0 Å². The fourth-order valence-corrected chi connectivity index (χ4v) is 3.17. The largest absolute Gasteiger partial charge is 0.480 e. The van der Waals surface area contributed by atoms with Crippen molar-refractivity contribution in [2.24, 2.45) is 0 Å². The molecule has 1 fully saturated rings. The molecule has 1 aliphatic rings. The van der Waals surface area contributed by atoms with Crippen molar-refractivity contribution in [2.45, 2.75) is 12.0 Å². The minimum atomic E-state index is -0.773. The van der Waals surface area contributed by atoms with E-state index >= 15 is 0 Å². The Morgan fingerprint density at radius 2 is 1.65 bits per heavy atom. The second-order valence-electron chi connectivity index (χ2n) is 5.98. The number of aliphatic carboxylic acids is 1. The Morgan fingerprint density at radius 1 is 1.09 bits per heavy atom. The second kappa shape index (κ2) is 7.40. The number of nitrogens with one attached hydrogen (secondary N) is 1. The highest BCUT2D eigenvalue weighted by Crippen LogP contribution is 2.26. The van der Waals surface area contributed by atoms with Crippen LogP contribution in [0.25, 0.3) is 0 Å². The SMILES string of the molecule is O=C(O)[C@H]1CN(CC(c2ccccc2)c2ccccc2)CCN1. The first-order chi connectivity index (χ1) is 11.2. The quantitative estimate of drug-likeness (QED) is 0.889. The Kier molecular flexibility index (Phi) is 5.05. The number of rotatable bonds is 5. The zero-order valence-corrected chi connectivity index (χ0v) is 13.1. The lowest BCUT2D eigenvalue weighted by atomic mass is 9.90. The van der Waals surface area contributed by atoms with Crippen LogP contribution in [0.4, 0.5) is 0 Å². The molecule has 0 saturated carbocycles. The number of nitrogens with zero attached hydrogens (tertiary/aromatic N) is 1. The molecule has 0 bridgehead atoms. The number of hydrogen-bond donors (Lipinski definition) is 2. The van der Waals surface area contributed by atoms with Crippen LogP contribution in [0.1, 0.15) is 17.0 Å². The van der Waals surface area contributed by atoms with Crippen molar-refractivity contribution >= 4 is 5.97 Å². The lowest BCUT2D eigenvalue weighted by Crippen LogP contribution is -2.54. The van der Waals surface area contributed by atoms with Crippen LogP contribution in [0.15, 0.2) is 60.7 Å². The normalized spacial score (nSPS) is 18.9. The summed E-state index contributed by atoms with van der Waals surface area (Å²) in [4.78, 5) is 13.5. The third kappa shape index (κ3) is 3.97. The molecule has 120 valence electrons. The van der Waals surface area contributed by atoms with Gasteiger partial charge in [-0.1, -0.05) is 60.7 Å². The molecule has 0 amide bonds. The van der Waals surface area contributed by atoms with Gasteiger partial charge in [-0.25, -0.2) is 0 Å². The molecular formula is C19H22N2O2. The zero-order valence-electron chi connectivity index (χ0n) is 13.1. The molecule has 1 aliphatic heterocycles. The molecule has 4 nitrogen and oxygen atoms in total. The van der Waals surface area contributed by atoms with Crippen LogP contribution in [0.5, 0.6) is 0 Å². The number of piperazine rings is 1. The van der Waals surface area contributed by atoms with Gasteiger partial charge >= 0.3 is 5.97 Å². The Morgan fingerprint density at radius 3 is 2.17 bits per heavy atom. The van der Waals surface area contributed by atoms with E-state index in [0.717, 1.165) is 13.1 Å². The molecule has 0 radical (unpaired) electrons. The Balaban J connectivity index is 1.81. The van der Waals surface area contributed by atoms with E-state index in [1.807, 2.05) is 12.1 Å². The molecule has 2 N–H and O–H groups in total. The van der Waals surface area contributed by atoms with Gasteiger partial charge in [-0.05, 0) is 11.1 Å². The summed E-state index contributed by atoms with van der Waals surface area (Å²) in [7, 11) is 0. The summed E-state index contributed by atoms with van der Waals surface area (Å²) in [6.07, 6.45) is 0. The van der Waals surface area contributed by atoms with E-state index in [4.69, 9.17) is 0 Å². The van der Waals surface area contributed by atoms with Crippen LogP contribution < -0.4 is 5.32 Å². The predicted molar refractivity (Wildman–Crippen MR) is 90.6 cm³/mol. The average Bonchev–Trinajstić information content (AvgIpc) is 2.61. The smallest absolute Gasteiger partial charge is 0.322 e. The molecule has 0 unspecified atom stereocenters. The van der Waals surface area contributed by atoms with Crippen LogP contribution in [-0.2, 0) is 4.79 Å². The first-order valence-corrected chi connectivity index (χ1v) is 8.02. The summed E-state index contributed by atoms with van der Waals surface area (Å²) in [5.41, 5.74) is 2.54. The highest BCUT2D eigenvalue weighted by Gasteiger charge is 2.27. The Bertz CT molecular complexity index is 591. The van der Waals surface area contributed by atoms with Crippen molar-refractivity contribution in [1.29, 1.82) is 0 Å². The van der Waals surface area contributed by atoms with Gasteiger partial charge in [0.2, 0.25) is 0 Å². The average molecular weight is 310 g/mol. The standard InChI is InChI=1S/C19H22N2O2/c22-19(23)18-14-21(12-11-20-18)13-17(15-7-3-1-4-8-15)16-9-5-2-6-10-16/h1-10,17-18,20H,11-14H2,(H,22,23)/t18-/m1/s1. The van der Waals surface area contributed by atoms with Gasteiger partial charge in [-0.2, -0.15) is 0 Å². The summed E-state index contributed by atoms with van der Waals surface area (Å²) in [5, 5.41) is 12.3. The highest BCUT2D eigenvalue weighted by molar-refractivity contribution is 5.73. The fourth-order valence-electron chi connectivity index (χ4n) is 3.17. The van der Waals surface area contributed by atoms with Gasteiger partial charge in [0.1, 0.15) is 6.04 Å². The molecule has 1 heterocycles. The first kappa shape index (κ1) is 15.7. The van der Waals surface area contributed by atoms with E-state index in [1.54, 1.807) is 0 Å². The molecular weight excluding hydrogens is 288 g/mol. The topological polar surface area (TPSA) is 52.6 Å². The summed E-state index contributed by atoms with van der Waals surface area (Å²) < 4.78 is 0. The number of benzene rings is 2. The summed E-state index contributed by atoms with van der Waals surface area (Å²) >= 11 is 0. The summed E-state index contributed by atoms with van der Waals surface area (Å²) in [6.45, 7) is 2.97. The minimum absolute atomic E-state index is 0.255. The van der Waals surface area contributed by atoms with Crippen molar-refractivity contribution < 1.29 is 9.90 Å². The lowest BCUT2D eigenvalue weighted by molar-refractivity contribution is -0.140. The van der Waals surface area contributed by atoms with Crippen molar-refractivity contribution in [2.75, 3.05) is 26.2 Å². The van der Waals surface area contributed by atoms with Gasteiger partial charge in [0, 0.05) is 32.1 Å². The molecule has 4 heteroatoms. The maximum atomic E-state index is 11.2. The highest BCUT2D eigenvalue weighted by atomic mass is 16.4. The number of carbonyl (C=O) groups is 1. The third-order valence-electron chi connectivity index (χ3n) is 4.40. The zero-order chi connectivity index (χ0) is 16.1. The molecule has 0 spiro atoms. The molecule has 0 aliphatic carbocycles. The van der Waals surface area contributed by atoms with Gasteiger partial charge in [0.25, 0.3) is 0 Å². The van der Waals surface area contributed by atoms with Crippen LogP contribution in [-0.4, -0.2) is 48.2 Å². The molecule has 2 aromatic rings. The molecule has 0 aromatic heterocycles. The number of hydrogen-bond acceptors (Lipinski definition) is 3. The monoisotopic (exact) mass is 310 g/mol. The first-order valence-electron chi connectivity index (χ1n) is 8.02. The van der Waals surface area contributed by atoms with Gasteiger partial charge in [-0.3, -0.25) is 9.69 Å². The van der Waals surface area contributed by atoms with Gasteiger partial charge < -0.3 is 10.4 Å².